The molecular formula is C8H12N2O3. The van der Waals surface area contributed by atoms with E-state index in [2.05, 4.69) is 16.1 Å². The van der Waals surface area contributed by atoms with E-state index >= 15 is 0 Å². The van der Waals surface area contributed by atoms with Crippen molar-refractivity contribution in [2.75, 3.05) is 13.1 Å². The van der Waals surface area contributed by atoms with Gasteiger partial charge in [0.2, 0.25) is 6.41 Å². The van der Waals surface area contributed by atoms with Gasteiger partial charge in [-0.15, -0.1) is 6.42 Å². The first kappa shape index (κ1) is 11.5. The maximum atomic E-state index is 10.7. The summed E-state index contributed by atoms with van der Waals surface area (Å²) in [5.74, 6) is 1.94. The Labute approximate surface area is 76.8 Å². The van der Waals surface area contributed by atoms with E-state index < -0.39 is 5.97 Å². The van der Waals surface area contributed by atoms with Crippen LogP contribution in [0, 0.1) is 12.3 Å². The van der Waals surface area contributed by atoms with Gasteiger partial charge in [0.1, 0.15) is 0 Å². The van der Waals surface area contributed by atoms with E-state index in [4.69, 9.17) is 6.42 Å². The SMILES string of the molecule is C#CCNCCCC(=O)ONC=O. The largest absolute Gasteiger partial charge is 0.341 e. The van der Waals surface area contributed by atoms with Gasteiger partial charge in [0.05, 0.1) is 6.54 Å². The minimum absolute atomic E-state index is 0.248. The Balaban J connectivity index is 3.17. The van der Waals surface area contributed by atoms with Crippen molar-refractivity contribution in [1.82, 2.24) is 10.8 Å². The Morgan fingerprint density at radius 2 is 2.38 bits per heavy atom. The van der Waals surface area contributed by atoms with E-state index in [-0.39, 0.29) is 6.42 Å². The van der Waals surface area contributed by atoms with Gasteiger partial charge >= 0.3 is 5.97 Å². The molecule has 0 aliphatic carbocycles. The summed E-state index contributed by atoms with van der Waals surface area (Å²) >= 11 is 0. The maximum Gasteiger partial charge on any atom is 0.332 e. The molecule has 72 valence electrons. The summed E-state index contributed by atoms with van der Waals surface area (Å²) in [5.41, 5.74) is 1.82. The van der Waals surface area contributed by atoms with E-state index in [1.165, 1.54) is 0 Å². The van der Waals surface area contributed by atoms with Crippen LogP contribution in [-0.4, -0.2) is 25.5 Å². The Bertz CT molecular complexity index is 198. The van der Waals surface area contributed by atoms with E-state index in [0.717, 1.165) is 0 Å². The lowest BCUT2D eigenvalue weighted by molar-refractivity contribution is -0.154. The fraction of sp³-hybridized carbons (Fsp3) is 0.500. The number of rotatable bonds is 7. The van der Waals surface area contributed by atoms with Crippen molar-refractivity contribution >= 4 is 12.4 Å². The van der Waals surface area contributed by atoms with Crippen molar-refractivity contribution in [3.05, 3.63) is 0 Å². The predicted molar refractivity (Wildman–Crippen MR) is 46.2 cm³/mol. The Morgan fingerprint density at radius 3 is 3.00 bits per heavy atom. The molecule has 0 fully saturated rings. The van der Waals surface area contributed by atoms with Crippen LogP contribution < -0.4 is 10.8 Å². The third kappa shape index (κ3) is 8.37. The molecule has 0 aliphatic rings. The van der Waals surface area contributed by atoms with Gasteiger partial charge in [-0.2, -0.15) is 5.48 Å². The molecule has 0 atom stereocenters. The van der Waals surface area contributed by atoms with Crippen molar-refractivity contribution in [3.8, 4) is 12.3 Å². The summed E-state index contributed by atoms with van der Waals surface area (Å²) in [7, 11) is 0. The molecule has 0 radical (unpaired) electrons. The molecule has 0 saturated carbocycles. The standard InChI is InChI=1S/C8H12N2O3/c1-2-5-9-6-3-4-8(12)13-10-7-11/h1,7,9H,3-6H2,(H,10,11). The molecule has 0 aromatic heterocycles. The Kier molecular flexibility index (Phi) is 7.54. The number of hydroxylamine groups is 1. The van der Waals surface area contributed by atoms with Crippen molar-refractivity contribution in [2.24, 2.45) is 0 Å². The maximum absolute atomic E-state index is 10.7. The first-order chi connectivity index (χ1) is 6.31. The van der Waals surface area contributed by atoms with Crippen LogP contribution >= 0.6 is 0 Å². The molecule has 13 heavy (non-hydrogen) atoms. The number of terminal acetylenes is 1. The fourth-order valence-electron chi connectivity index (χ4n) is 0.659. The van der Waals surface area contributed by atoms with Gasteiger partial charge in [0.15, 0.2) is 0 Å². The molecule has 2 N–H and O–H groups in total. The predicted octanol–water partition coefficient (Wildman–Crippen LogP) is -0.806. The smallest absolute Gasteiger partial charge is 0.332 e. The van der Waals surface area contributed by atoms with Crippen LogP contribution in [0.2, 0.25) is 0 Å². The zero-order valence-electron chi connectivity index (χ0n) is 7.21. The average molecular weight is 184 g/mol. The Hall–Kier alpha value is -1.54. The second kappa shape index (κ2) is 8.56. The summed E-state index contributed by atoms with van der Waals surface area (Å²) in [6, 6.07) is 0. The lowest BCUT2D eigenvalue weighted by atomic mass is 10.3. The number of hydrogen-bond donors (Lipinski definition) is 2. The second-order valence-corrected chi connectivity index (χ2v) is 2.19. The Morgan fingerprint density at radius 1 is 1.62 bits per heavy atom. The molecule has 0 aliphatic heterocycles. The highest BCUT2D eigenvalue weighted by Crippen LogP contribution is 1.88. The highest BCUT2D eigenvalue weighted by atomic mass is 16.7. The van der Waals surface area contributed by atoms with Crippen LogP contribution in [-0.2, 0) is 14.4 Å². The van der Waals surface area contributed by atoms with Gasteiger partial charge in [0.25, 0.3) is 0 Å². The van der Waals surface area contributed by atoms with Crippen molar-refractivity contribution in [2.45, 2.75) is 12.8 Å². The van der Waals surface area contributed by atoms with Gasteiger partial charge in [-0.05, 0) is 13.0 Å². The molecule has 0 aromatic rings. The number of carbonyl (C=O) groups excluding carboxylic acids is 2. The lowest BCUT2D eigenvalue weighted by Crippen LogP contribution is -2.20. The molecule has 0 aromatic carbocycles. The molecule has 0 rings (SSSR count). The molecule has 5 heteroatoms. The molecule has 0 bridgehead atoms. The van der Waals surface area contributed by atoms with E-state index in [0.29, 0.717) is 25.9 Å². The number of nitrogens with one attached hydrogen (secondary N) is 2. The average Bonchev–Trinajstić information content (AvgIpc) is 2.14. The highest BCUT2D eigenvalue weighted by molar-refractivity contribution is 5.70. The fourth-order valence-corrected chi connectivity index (χ4v) is 0.659. The van der Waals surface area contributed by atoms with Gasteiger partial charge in [-0.25, -0.2) is 4.79 Å². The molecule has 0 saturated heterocycles. The molecule has 1 amide bonds. The third-order valence-corrected chi connectivity index (χ3v) is 1.18. The number of hydrogen-bond acceptors (Lipinski definition) is 4. The summed E-state index contributed by atoms with van der Waals surface area (Å²) in [6.45, 7) is 1.14. The van der Waals surface area contributed by atoms with E-state index in [1.54, 1.807) is 0 Å². The quantitative estimate of drug-likeness (QED) is 0.235. The molecule has 0 spiro atoms. The van der Waals surface area contributed by atoms with Crippen LogP contribution in [0.15, 0.2) is 0 Å². The van der Waals surface area contributed by atoms with Crippen LogP contribution in [0.4, 0.5) is 0 Å². The minimum Gasteiger partial charge on any atom is -0.341 e. The minimum atomic E-state index is -0.463. The normalized spacial score (nSPS) is 8.54. The zero-order valence-corrected chi connectivity index (χ0v) is 7.21. The first-order valence-electron chi connectivity index (χ1n) is 3.84. The van der Waals surface area contributed by atoms with Crippen LogP contribution in [0.25, 0.3) is 0 Å². The monoisotopic (exact) mass is 184 g/mol. The van der Waals surface area contributed by atoms with Gasteiger partial charge in [-0.3, -0.25) is 4.79 Å². The van der Waals surface area contributed by atoms with Crippen LogP contribution in [0.1, 0.15) is 12.8 Å². The summed E-state index contributed by atoms with van der Waals surface area (Å²) in [4.78, 5) is 24.7. The summed E-state index contributed by atoms with van der Waals surface area (Å²) < 4.78 is 0. The summed E-state index contributed by atoms with van der Waals surface area (Å²) in [5, 5.41) is 2.91. The van der Waals surface area contributed by atoms with Crippen molar-refractivity contribution < 1.29 is 14.4 Å². The van der Waals surface area contributed by atoms with E-state index in [1.807, 2.05) is 5.48 Å². The van der Waals surface area contributed by atoms with Crippen molar-refractivity contribution in [3.63, 3.8) is 0 Å². The van der Waals surface area contributed by atoms with Gasteiger partial charge in [0, 0.05) is 6.42 Å². The highest BCUT2D eigenvalue weighted by Gasteiger charge is 2.00. The number of carbonyl (C=O) groups is 2. The van der Waals surface area contributed by atoms with Crippen LogP contribution in [0.5, 0.6) is 0 Å². The number of amides is 1. The zero-order chi connectivity index (χ0) is 9.94. The van der Waals surface area contributed by atoms with E-state index in [9.17, 15) is 9.59 Å². The topological polar surface area (TPSA) is 67.4 Å². The van der Waals surface area contributed by atoms with Gasteiger partial charge < -0.3 is 10.2 Å². The first-order valence-corrected chi connectivity index (χ1v) is 3.84. The summed E-state index contributed by atoms with van der Waals surface area (Å²) in [6.07, 6.45) is 6.16. The third-order valence-electron chi connectivity index (χ3n) is 1.18. The molecule has 5 nitrogen and oxygen atoms in total. The lowest BCUT2D eigenvalue weighted by Gasteiger charge is -2.01. The van der Waals surface area contributed by atoms with Crippen LogP contribution in [0.3, 0.4) is 0 Å². The van der Waals surface area contributed by atoms with Crippen molar-refractivity contribution in [1.29, 1.82) is 0 Å². The second-order valence-electron chi connectivity index (χ2n) is 2.19. The molecule has 0 heterocycles. The van der Waals surface area contributed by atoms with Gasteiger partial charge in [-0.1, -0.05) is 5.92 Å². The molecular weight excluding hydrogens is 172 g/mol. The molecule has 0 unspecified atom stereocenters.